The van der Waals surface area contributed by atoms with E-state index in [9.17, 15) is 4.79 Å². The molecule has 2 aromatic carbocycles. The summed E-state index contributed by atoms with van der Waals surface area (Å²) >= 11 is 0. The van der Waals surface area contributed by atoms with Gasteiger partial charge in [-0.25, -0.2) is 0 Å². The molecule has 1 aromatic heterocycles. The Balaban J connectivity index is 1.16. The first-order chi connectivity index (χ1) is 15.8. The topological polar surface area (TPSA) is 63.9 Å². The molecule has 0 atom stereocenters. The molecule has 1 aliphatic heterocycles. The Bertz CT molecular complexity index is 1080. The molecule has 2 heterocycles. The second-order valence-corrected chi connectivity index (χ2v) is 8.59. The molecule has 1 aliphatic carbocycles. The van der Waals surface area contributed by atoms with Crippen LogP contribution in [0.25, 0.3) is 11.0 Å². The van der Waals surface area contributed by atoms with E-state index in [1.165, 1.54) is 24.0 Å². The highest BCUT2D eigenvalue weighted by Crippen LogP contribution is 2.33. The number of ether oxygens (including phenoxy) is 2. The number of benzene rings is 2. The molecule has 32 heavy (non-hydrogen) atoms. The maximum absolute atomic E-state index is 12.5. The van der Waals surface area contributed by atoms with E-state index in [0.717, 1.165) is 68.0 Å². The number of furan rings is 1. The van der Waals surface area contributed by atoms with E-state index in [1.54, 1.807) is 0 Å². The van der Waals surface area contributed by atoms with Gasteiger partial charge in [-0.1, -0.05) is 24.3 Å². The highest BCUT2D eigenvalue weighted by atomic mass is 16.5. The van der Waals surface area contributed by atoms with Crippen LogP contribution >= 0.6 is 0 Å². The summed E-state index contributed by atoms with van der Waals surface area (Å²) < 4.78 is 17.2. The molecule has 0 radical (unpaired) electrons. The normalized spacial score (nSPS) is 16.6. The Hall–Kier alpha value is -2.83. The minimum absolute atomic E-state index is 0.00280. The van der Waals surface area contributed by atoms with Crippen LogP contribution < -0.4 is 10.1 Å². The first-order valence-corrected chi connectivity index (χ1v) is 11.6. The van der Waals surface area contributed by atoms with Gasteiger partial charge in [0.1, 0.15) is 17.1 Å². The SMILES string of the molecule is O=C(COc1ccc2oc3c(c2c1)CCCC3)NCc1ccccc1CN1CCOCC1. The number of fused-ring (bicyclic) bond motifs is 3. The zero-order valence-electron chi connectivity index (χ0n) is 18.4. The van der Waals surface area contributed by atoms with Gasteiger partial charge in [0.05, 0.1) is 13.2 Å². The second kappa shape index (κ2) is 9.76. The summed E-state index contributed by atoms with van der Waals surface area (Å²) in [6.07, 6.45) is 4.44. The number of amides is 1. The Morgan fingerprint density at radius 3 is 2.72 bits per heavy atom. The van der Waals surface area contributed by atoms with Gasteiger partial charge in [0.15, 0.2) is 6.61 Å². The number of nitrogens with zero attached hydrogens (tertiary/aromatic N) is 1. The van der Waals surface area contributed by atoms with Gasteiger partial charge in [-0.15, -0.1) is 0 Å². The molecule has 0 unspecified atom stereocenters. The largest absolute Gasteiger partial charge is 0.484 e. The van der Waals surface area contributed by atoms with Gasteiger partial charge < -0.3 is 19.2 Å². The Morgan fingerprint density at radius 1 is 1.03 bits per heavy atom. The van der Waals surface area contributed by atoms with E-state index in [4.69, 9.17) is 13.9 Å². The van der Waals surface area contributed by atoms with Crippen molar-refractivity contribution in [3.63, 3.8) is 0 Å². The van der Waals surface area contributed by atoms with Gasteiger partial charge in [-0.2, -0.15) is 0 Å². The predicted octanol–water partition coefficient (Wildman–Crippen LogP) is 3.84. The number of carbonyl (C=O) groups is 1. The summed E-state index contributed by atoms with van der Waals surface area (Å²) in [6, 6.07) is 14.1. The minimum atomic E-state index is -0.125. The molecule has 5 rings (SSSR count). The molecule has 1 saturated heterocycles. The molecule has 3 aromatic rings. The van der Waals surface area contributed by atoms with Crippen molar-refractivity contribution in [1.82, 2.24) is 10.2 Å². The summed E-state index contributed by atoms with van der Waals surface area (Å²) in [4.78, 5) is 14.8. The van der Waals surface area contributed by atoms with Crippen LogP contribution in [0, 0.1) is 0 Å². The number of rotatable bonds is 7. The summed E-state index contributed by atoms with van der Waals surface area (Å²) in [5, 5.41) is 4.12. The molecular formula is C26H30N2O4. The number of nitrogens with one attached hydrogen (secondary N) is 1. The van der Waals surface area contributed by atoms with Crippen molar-refractivity contribution < 1.29 is 18.7 Å². The molecule has 6 nitrogen and oxygen atoms in total. The van der Waals surface area contributed by atoms with E-state index in [2.05, 4.69) is 28.4 Å². The maximum Gasteiger partial charge on any atom is 0.258 e. The highest BCUT2D eigenvalue weighted by molar-refractivity contribution is 5.84. The van der Waals surface area contributed by atoms with Crippen molar-refractivity contribution in [2.24, 2.45) is 0 Å². The van der Waals surface area contributed by atoms with Crippen LogP contribution in [0.5, 0.6) is 5.75 Å². The Morgan fingerprint density at radius 2 is 1.84 bits per heavy atom. The molecule has 1 amide bonds. The van der Waals surface area contributed by atoms with Crippen molar-refractivity contribution in [2.45, 2.75) is 38.8 Å². The third kappa shape index (κ3) is 4.81. The van der Waals surface area contributed by atoms with E-state index in [-0.39, 0.29) is 12.5 Å². The summed E-state index contributed by atoms with van der Waals surface area (Å²) in [7, 11) is 0. The lowest BCUT2D eigenvalue weighted by Gasteiger charge is -2.27. The second-order valence-electron chi connectivity index (χ2n) is 8.59. The number of carbonyl (C=O) groups excluding carboxylic acids is 1. The lowest BCUT2D eigenvalue weighted by molar-refractivity contribution is -0.123. The molecule has 168 valence electrons. The lowest BCUT2D eigenvalue weighted by atomic mass is 9.96. The monoisotopic (exact) mass is 434 g/mol. The van der Waals surface area contributed by atoms with Crippen molar-refractivity contribution >= 4 is 16.9 Å². The minimum Gasteiger partial charge on any atom is -0.484 e. The summed E-state index contributed by atoms with van der Waals surface area (Å²) in [6.45, 7) is 4.82. The smallest absolute Gasteiger partial charge is 0.258 e. The average molecular weight is 435 g/mol. The first kappa shape index (κ1) is 21.0. The number of aryl methyl sites for hydroxylation is 2. The Labute approximate surface area is 188 Å². The fraction of sp³-hybridized carbons (Fsp3) is 0.423. The van der Waals surface area contributed by atoms with E-state index in [0.29, 0.717) is 12.3 Å². The average Bonchev–Trinajstić information content (AvgIpc) is 3.21. The molecule has 1 fully saturated rings. The van der Waals surface area contributed by atoms with Crippen molar-refractivity contribution in [2.75, 3.05) is 32.9 Å². The molecule has 1 N–H and O–H groups in total. The van der Waals surface area contributed by atoms with Crippen LogP contribution in [-0.4, -0.2) is 43.7 Å². The van der Waals surface area contributed by atoms with Gasteiger partial charge >= 0.3 is 0 Å². The molecule has 0 bridgehead atoms. The molecule has 6 heteroatoms. The third-order valence-electron chi connectivity index (χ3n) is 6.39. The molecule has 0 spiro atoms. The van der Waals surface area contributed by atoms with Crippen molar-refractivity contribution in [3.8, 4) is 5.75 Å². The van der Waals surface area contributed by atoms with Gasteiger partial charge in [-0.05, 0) is 48.6 Å². The lowest BCUT2D eigenvalue weighted by Crippen LogP contribution is -2.36. The maximum atomic E-state index is 12.5. The molecule has 0 saturated carbocycles. The van der Waals surface area contributed by atoms with Gasteiger partial charge in [-0.3, -0.25) is 9.69 Å². The van der Waals surface area contributed by atoms with Crippen LogP contribution in [0.4, 0.5) is 0 Å². The zero-order valence-corrected chi connectivity index (χ0v) is 18.4. The van der Waals surface area contributed by atoms with Gasteiger partial charge in [0, 0.05) is 43.5 Å². The standard InChI is InChI=1S/C26H30N2O4/c29-26(27-16-19-5-1-2-6-20(19)17-28-11-13-30-14-12-28)18-31-21-9-10-25-23(15-21)22-7-3-4-8-24(22)32-25/h1-2,5-6,9-10,15H,3-4,7-8,11-14,16-18H2,(H,27,29). The fourth-order valence-electron chi connectivity index (χ4n) is 4.61. The van der Waals surface area contributed by atoms with Crippen molar-refractivity contribution in [1.29, 1.82) is 0 Å². The van der Waals surface area contributed by atoms with Crippen LogP contribution in [-0.2, 0) is 35.5 Å². The third-order valence-corrected chi connectivity index (χ3v) is 6.39. The van der Waals surface area contributed by atoms with Crippen LogP contribution in [0.3, 0.4) is 0 Å². The first-order valence-electron chi connectivity index (χ1n) is 11.6. The quantitative estimate of drug-likeness (QED) is 0.612. The number of hydrogen-bond donors (Lipinski definition) is 1. The summed E-state index contributed by atoms with van der Waals surface area (Å²) in [5.41, 5.74) is 4.59. The summed E-state index contributed by atoms with van der Waals surface area (Å²) in [5.74, 6) is 1.69. The van der Waals surface area contributed by atoms with Crippen molar-refractivity contribution in [3.05, 3.63) is 64.9 Å². The van der Waals surface area contributed by atoms with Gasteiger partial charge in [0.2, 0.25) is 0 Å². The number of hydrogen-bond acceptors (Lipinski definition) is 5. The highest BCUT2D eigenvalue weighted by Gasteiger charge is 2.18. The van der Waals surface area contributed by atoms with E-state index >= 15 is 0 Å². The van der Waals surface area contributed by atoms with E-state index < -0.39 is 0 Å². The van der Waals surface area contributed by atoms with Crippen LogP contribution in [0.2, 0.25) is 0 Å². The van der Waals surface area contributed by atoms with E-state index in [1.807, 2.05) is 24.3 Å². The van der Waals surface area contributed by atoms with Gasteiger partial charge in [0.25, 0.3) is 5.91 Å². The predicted molar refractivity (Wildman–Crippen MR) is 123 cm³/mol. The fourth-order valence-corrected chi connectivity index (χ4v) is 4.61. The molecular weight excluding hydrogens is 404 g/mol. The van der Waals surface area contributed by atoms with Crippen LogP contribution in [0.1, 0.15) is 35.3 Å². The number of morpholine rings is 1. The molecule has 2 aliphatic rings. The zero-order chi connectivity index (χ0) is 21.8. The Kier molecular flexibility index (Phi) is 6.41. The van der Waals surface area contributed by atoms with Crippen LogP contribution in [0.15, 0.2) is 46.9 Å².